The van der Waals surface area contributed by atoms with Crippen molar-refractivity contribution < 1.29 is 4.79 Å². The average Bonchev–Trinajstić information content (AvgIpc) is 2.42. The Labute approximate surface area is 124 Å². The Balaban J connectivity index is 2.94. The van der Waals surface area contributed by atoms with Gasteiger partial charge in [0.05, 0.1) is 12.7 Å². The van der Waals surface area contributed by atoms with E-state index in [4.69, 9.17) is 17.3 Å². The minimum Gasteiger partial charge on any atom is -0.368 e. The summed E-state index contributed by atoms with van der Waals surface area (Å²) in [6, 6.07) is 0. The first-order chi connectivity index (χ1) is 9.58. The third-order valence-corrected chi connectivity index (χ3v) is 2.95. The third kappa shape index (κ3) is 5.21. The van der Waals surface area contributed by atoms with Gasteiger partial charge in [-0.2, -0.15) is 4.98 Å². The smallest absolute Gasteiger partial charge is 0.236 e. The standard InChI is InChI=1S/C13H22ClN5O/c1-3-5-7-19(9-11(15)20)12-10(14)8-17-13(18-12)16-6-4-2/h8H,3-7,9H2,1-2H3,(H2,15,20)(H,16,17,18). The number of anilines is 2. The molecule has 3 N–H and O–H groups in total. The summed E-state index contributed by atoms with van der Waals surface area (Å²) in [5, 5.41) is 3.52. The third-order valence-electron chi connectivity index (χ3n) is 2.69. The summed E-state index contributed by atoms with van der Waals surface area (Å²) in [5.41, 5.74) is 5.29. The highest BCUT2D eigenvalue weighted by Crippen LogP contribution is 2.24. The Morgan fingerprint density at radius 3 is 2.80 bits per heavy atom. The zero-order chi connectivity index (χ0) is 15.0. The number of primary amides is 1. The predicted octanol–water partition coefficient (Wildman–Crippen LogP) is 2.04. The van der Waals surface area contributed by atoms with Crippen molar-refractivity contribution in [1.82, 2.24) is 9.97 Å². The van der Waals surface area contributed by atoms with Gasteiger partial charge in [0.15, 0.2) is 5.82 Å². The molecular formula is C13H22ClN5O. The summed E-state index contributed by atoms with van der Waals surface area (Å²) in [5.74, 6) is 0.656. The molecule has 20 heavy (non-hydrogen) atoms. The average molecular weight is 300 g/mol. The minimum absolute atomic E-state index is 0.101. The molecule has 0 fully saturated rings. The Kier molecular flexibility index (Phi) is 7.08. The molecule has 0 radical (unpaired) electrons. The summed E-state index contributed by atoms with van der Waals surface area (Å²) < 4.78 is 0. The molecule has 6 nitrogen and oxygen atoms in total. The molecule has 1 rings (SSSR count). The van der Waals surface area contributed by atoms with Crippen LogP contribution < -0.4 is 16.0 Å². The molecule has 7 heteroatoms. The minimum atomic E-state index is -0.404. The van der Waals surface area contributed by atoms with Gasteiger partial charge in [-0.15, -0.1) is 0 Å². The zero-order valence-electron chi connectivity index (χ0n) is 12.0. The highest BCUT2D eigenvalue weighted by Gasteiger charge is 2.15. The van der Waals surface area contributed by atoms with Crippen molar-refractivity contribution in [2.75, 3.05) is 29.9 Å². The van der Waals surface area contributed by atoms with Crippen LogP contribution in [-0.2, 0) is 4.79 Å². The number of amides is 1. The number of nitrogens with two attached hydrogens (primary N) is 1. The van der Waals surface area contributed by atoms with Crippen LogP contribution in [0.4, 0.5) is 11.8 Å². The molecule has 0 aliphatic carbocycles. The topological polar surface area (TPSA) is 84.1 Å². The molecular weight excluding hydrogens is 278 g/mol. The van der Waals surface area contributed by atoms with E-state index in [1.807, 2.05) is 0 Å². The lowest BCUT2D eigenvalue weighted by Crippen LogP contribution is -2.35. The van der Waals surface area contributed by atoms with Crippen molar-refractivity contribution in [2.45, 2.75) is 33.1 Å². The van der Waals surface area contributed by atoms with Crippen LogP contribution in [0.15, 0.2) is 6.20 Å². The van der Waals surface area contributed by atoms with Crippen molar-refractivity contribution in [3.8, 4) is 0 Å². The number of unbranched alkanes of at least 4 members (excludes halogenated alkanes) is 1. The summed E-state index contributed by atoms with van der Waals surface area (Å²) >= 11 is 6.14. The molecule has 1 aromatic rings. The fraction of sp³-hybridized carbons (Fsp3) is 0.615. The Morgan fingerprint density at radius 1 is 1.45 bits per heavy atom. The van der Waals surface area contributed by atoms with Gasteiger partial charge in [0.25, 0.3) is 0 Å². The van der Waals surface area contributed by atoms with Crippen LogP contribution in [0.1, 0.15) is 33.1 Å². The van der Waals surface area contributed by atoms with Gasteiger partial charge in [-0.25, -0.2) is 4.98 Å². The first kappa shape index (κ1) is 16.5. The maximum Gasteiger partial charge on any atom is 0.236 e. The first-order valence-electron chi connectivity index (χ1n) is 6.88. The van der Waals surface area contributed by atoms with Gasteiger partial charge in [0, 0.05) is 13.1 Å². The quantitative estimate of drug-likeness (QED) is 0.729. The van der Waals surface area contributed by atoms with Crippen molar-refractivity contribution >= 4 is 29.3 Å². The summed E-state index contributed by atoms with van der Waals surface area (Å²) in [4.78, 5) is 21.5. The lowest BCUT2D eigenvalue weighted by molar-refractivity contribution is -0.116. The molecule has 1 amide bonds. The molecule has 112 valence electrons. The van der Waals surface area contributed by atoms with Crippen LogP contribution in [0.2, 0.25) is 5.02 Å². The van der Waals surface area contributed by atoms with Gasteiger partial charge in [-0.3, -0.25) is 4.79 Å². The van der Waals surface area contributed by atoms with Gasteiger partial charge in [0.2, 0.25) is 11.9 Å². The number of carbonyl (C=O) groups is 1. The number of hydrogen-bond acceptors (Lipinski definition) is 5. The van der Waals surface area contributed by atoms with Crippen LogP contribution in [0.3, 0.4) is 0 Å². The molecule has 0 aliphatic rings. The van der Waals surface area contributed by atoms with Gasteiger partial charge in [0.1, 0.15) is 5.02 Å². The predicted molar refractivity (Wildman–Crippen MR) is 82.1 cm³/mol. The maximum absolute atomic E-state index is 11.2. The lowest BCUT2D eigenvalue weighted by Gasteiger charge is -2.23. The fourth-order valence-electron chi connectivity index (χ4n) is 1.70. The van der Waals surface area contributed by atoms with E-state index in [-0.39, 0.29) is 6.54 Å². The molecule has 0 unspecified atom stereocenters. The highest BCUT2D eigenvalue weighted by atomic mass is 35.5. The molecule has 0 atom stereocenters. The zero-order valence-corrected chi connectivity index (χ0v) is 12.8. The van der Waals surface area contributed by atoms with E-state index in [1.165, 1.54) is 0 Å². The van der Waals surface area contributed by atoms with Crippen LogP contribution in [-0.4, -0.2) is 35.5 Å². The van der Waals surface area contributed by atoms with Gasteiger partial charge in [-0.05, 0) is 12.8 Å². The van der Waals surface area contributed by atoms with Gasteiger partial charge >= 0.3 is 0 Å². The fourth-order valence-corrected chi connectivity index (χ4v) is 1.91. The number of halogens is 1. The molecule has 0 saturated carbocycles. The van der Waals surface area contributed by atoms with Crippen LogP contribution in [0.25, 0.3) is 0 Å². The molecule has 0 spiro atoms. The van der Waals surface area contributed by atoms with Crippen LogP contribution in [0.5, 0.6) is 0 Å². The van der Waals surface area contributed by atoms with Crippen molar-refractivity contribution in [1.29, 1.82) is 0 Å². The Hall–Kier alpha value is -1.56. The Morgan fingerprint density at radius 2 is 2.20 bits per heavy atom. The van der Waals surface area contributed by atoms with Crippen molar-refractivity contribution in [3.05, 3.63) is 11.2 Å². The number of carbonyl (C=O) groups excluding carboxylic acids is 1. The number of nitrogens with one attached hydrogen (secondary N) is 1. The molecule has 0 aromatic carbocycles. The molecule has 1 aromatic heterocycles. The van der Waals surface area contributed by atoms with Crippen LogP contribution in [0, 0.1) is 0 Å². The number of aromatic nitrogens is 2. The van der Waals surface area contributed by atoms with Crippen molar-refractivity contribution in [3.63, 3.8) is 0 Å². The monoisotopic (exact) mass is 299 g/mol. The number of nitrogens with zero attached hydrogens (tertiary/aromatic N) is 3. The summed E-state index contributed by atoms with van der Waals surface area (Å²) in [7, 11) is 0. The van der Waals surface area contributed by atoms with E-state index in [9.17, 15) is 4.79 Å². The molecule has 0 saturated heterocycles. The van der Waals surface area contributed by atoms with E-state index in [0.29, 0.717) is 23.3 Å². The largest absolute Gasteiger partial charge is 0.368 e. The number of hydrogen-bond donors (Lipinski definition) is 2. The SMILES string of the molecule is CCCCN(CC(N)=O)c1nc(NCCC)ncc1Cl. The first-order valence-corrected chi connectivity index (χ1v) is 7.25. The Bertz CT molecular complexity index is 441. The second kappa shape index (κ2) is 8.58. The molecule has 1 heterocycles. The van der Waals surface area contributed by atoms with Crippen molar-refractivity contribution in [2.24, 2.45) is 5.73 Å². The summed E-state index contributed by atoms with van der Waals surface area (Å²) in [6.07, 6.45) is 4.47. The van der Waals surface area contributed by atoms with E-state index in [0.717, 1.165) is 25.8 Å². The normalized spacial score (nSPS) is 10.3. The second-order valence-corrected chi connectivity index (χ2v) is 4.94. The molecule has 0 bridgehead atoms. The van der Waals surface area contributed by atoms with Gasteiger partial charge in [-0.1, -0.05) is 31.9 Å². The number of rotatable bonds is 9. The maximum atomic E-state index is 11.2. The van der Waals surface area contributed by atoms with E-state index in [2.05, 4.69) is 29.1 Å². The van der Waals surface area contributed by atoms with E-state index >= 15 is 0 Å². The lowest BCUT2D eigenvalue weighted by atomic mass is 10.3. The summed E-state index contributed by atoms with van der Waals surface area (Å²) in [6.45, 7) is 5.71. The van der Waals surface area contributed by atoms with Crippen LogP contribution >= 0.6 is 11.6 Å². The van der Waals surface area contributed by atoms with E-state index in [1.54, 1.807) is 11.1 Å². The second-order valence-electron chi connectivity index (χ2n) is 4.53. The molecule has 0 aliphatic heterocycles. The van der Waals surface area contributed by atoms with E-state index < -0.39 is 5.91 Å². The highest BCUT2D eigenvalue weighted by molar-refractivity contribution is 6.32. The van der Waals surface area contributed by atoms with Gasteiger partial charge < -0.3 is 16.0 Å².